The van der Waals surface area contributed by atoms with Gasteiger partial charge in [-0.25, -0.2) is 4.79 Å². The van der Waals surface area contributed by atoms with E-state index in [2.05, 4.69) is 28.6 Å². The summed E-state index contributed by atoms with van der Waals surface area (Å²) in [6.07, 6.45) is 3.77. The van der Waals surface area contributed by atoms with Gasteiger partial charge in [-0.15, -0.1) is 0 Å². The van der Waals surface area contributed by atoms with Crippen LogP contribution < -0.4 is 27.4 Å². The van der Waals surface area contributed by atoms with E-state index in [0.717, 1.165) is 0 Å². The van der Waals surface area contributed by atoms with Gasteiger partial charge in [0, 0.05) is 5.75 Å². The van der Waals surface area contributed by atoms with Gasteiger partial charge in [0.25, 0.3) is 0 Å². The van der Waals surface area contributed by atoms with E-state index in [-0.39, 0.29) is 5.75 Å². The highest BCUT2D eigenvalue weighted by molar-refractivity contribution is 7.98. The van der Waals surface area contributed by atoms with Gasteiger partial charge in [-0.1, -0.05) is 0 Å². The molecular formula is C17H33N5O5S2. The number of carboxylic acid groups (broad SMARTS) is 1. The van der Waals surface area contributed by atoms with Crippen molar-refractivity contribution in [2.45, 2.75) is 56.8 Å². The van der Waals surface area contributed by atoms with Crippen LogP contribution in [0, 0.1) is 0 Å². The third-order valence-corrected chi connectivity index (χ3v) is 5.04. The molecule has 4 atom stereocenters. The van der Waals surface area contributed by atoms with E-state index >= 15 is 0 Å². The molecule has 8 N–H and O–H groups in total. The average Bonchev–Trinajstić information content (AvgIpc) is 2.67. The summed E-state index contributed by atoms with van der Waals surface area (Å²) in [6, 6.07) is -3.77. The summed E-state index contributed by atoms with van der Waals surface area (Å²) in [5.41, 5.74) is 11.0. The van der Waals surface area contributed by atoms with E-state index in [9.17, 15) is 19.2 Å². The topological polar surface area (TPSA) is 177 Å². The van der Waals surface area contributed by atoms with Crippen LogP contribution in [0.3, 0.4) is 0 Å². The summed E-state index contributed by atoms with van der Waals surface area (Å²) in [6.45, 7) is 1.96. The maximum atomic E-state index is 12.7. The first-order valence-corrected chi connectivity index (χ1v) is 11.4. The van der Waals surface area contributed by atoms with Crippen LogP contribution in [0.15, 0.2) is 0 Å². The fourth-order valence-corrected chi connectivity index (χ4v) is 3.02. The lowest BCUT2D eigenvalue weighted by Crippen LogP contribution is -2.57. The summed E-state index contributed by atoms with van der Waals surface area (Å²) in [7, 11) is 0. The summed E-state index contributed by atoms with van der Waals surface area (Å²) < 4.78 is 0. The lowest BCUT2D eigenvalue weighted by Gasteiger charge is -2.24. The average molecular weight is 452 g/mol. The molecule has 4 unspecified atom stereocenters. The molecule has 0 aromatic heterocycles. The normalized spacial score (nSPS) is 14.9. The molecule has 0 saturated heterocycles. The zero-order valence-corrected chi connectivity index (χ0v) is 18.6. The van der Waals surface area contributed by atoms with Crippen LogP contribution in [0.2, 0.25) is 0 Å². The number of carbonyl (C=O) groups excluding carboxylic acids is 3. The monoisotopic (exact) mass is 451 g/mol. The van der Waals surface area contributed by atoms with Crippen LogP contribution in [0.25, 0.3) is 0 Å². The highest BCUT2D eigenvalue weighted by Crippen LogP contribution is 2.06. The standard InChI is InChI=1S/C17H33N5O5S2/c1-10(19)14(23)20-11(5-3-4-7-18)15(24)21-12(6-8-29-2)16(25)22-13(9-28)17(26)27/h10-13,28H,3-9,18-19H2,1-2H3,(H,20,23)(H,21,24)(H,22,25)(H,26,27). The van der Waals surface area contributed by atoms with Crippen molar-refractivity contribution >= 4 is 48.1 Å². The van der Waals surface area contributed by atoms with Crippen LogP contribution in [-0.4, -0.2) is 77.3 Å². The molecule has 0 aliphatic heterocycles. The number of nitrogens with one attached hydrogen (secondary N) is 3. The number of rotatable bonds is 15. The summed E-state index contributed by atoms with van der Waals surface area (Å²) in [4.78, 5) is 48.3. The number of carbonyl (C=O) groups is 4. The van der Waals surface area contributed by atoms with Gasteiger partial charge < -0.3 is 32.5 Å². The Balaban J connectivity index is 5.24. The van der Waals surface area contributed by atoms with Gasteiger partial charge >= 0.3 is 5.97 Å². The smallest absolute Gasteiger partial charge is 0.327 e. The highest BCUT2D eigenvalue weighted by atomic mass is 32.2. The lowest BCUT2D eigenvalue weighted by atomic mass is 10.1. The number of thioether (sulfide) groups is 1. The molecule has 0 rings (SSSR count). The fraction of sp³-hybridized carbons (Fsp3) is 0.765. The summed E-state index contributed by atoms with van der Waals surface area (Å²) in [5, 5.41) is 16.7. The molecule has 10 nitrogen and oxygen atoms in total. The number of amides is 3. The minimum atomic E-state index is -1.22. The molecule has 0 aromatic rings. The number of nitrogens with two attached hydrogens (primary N) is 2. The molecule has 29 heavy (non-hydrogen) atoms. The lowest BCUT2D eigenvalue weighted by molar-refractivity contribution is -0.141. The van der Waals surface area contributed by atoms with Gasteiger partial charge in [0.05, 0.1) is 6.04 Å². The first kappa shape index (κ1) is 27.5. The molecular weight excluding hydrogens is 418 g/mol. The number of aliphatic carboxylic acids is 1. The predicted molar refractivity (Wildman–Crippen MR) is 117 cm³/mol. The van der Waals surface area contributed by atoms with Crippen molar-refractivity contribution in [3.8, 4) is 0 Å². The first-order chi connectivity index (χ1) is 13.7. The van der Waals surface area contributed by atoms with Crippen molar-refractivity contribution < 1.29 is 24.3 Å². The van der Waals surface area contributed by atoms with E-state index in [0.29, 0.717) is 38.0 Å². The van der Waals surface area contributed by atoms with Gasteiger partial charge in [-0.05, 0) is 51.2 Å². The number of hydrogen-bond donors (Lipinski definition) is 7. The fourth-order valence-electron chi connectivity index (χ4n) is 2.30. The third-order valence-electron chi connectivity index (χ3n) is 4.03. The van der Waals surface area contributed by atoms with Gasteiger partial charge in [0.15, 0.2) is 0 Å². The summed E-state index contributed by atoms with van der Waals surface area (Å²) >= 11 is 5.40. The van der Waals surface area contributed by atoms with Crippen LogP contribution in [0.4, 0.5) is 0 Å². The van der Waals surface area contributed by atoms with E-state index in [1.807, 2.05) is 6.26 Å². The molecule has 0 spiro atoms. The number of carboxylic acids is 1. The van der Waals surface area contributed by atoms with Crippen molar-refractivity contribution in [2.24, 2.45) is 11.5 Å². The Kier molecular flexibility index (Phi) is 14.6. The zero-order valence-electron chi connectivity index (χ0n) is 16.8. The molecule has 0 aliphatic carbocycles. The molecule has 0 aliphatic rings. The Bertz CT molecular complexity index is 550. The molecule has 12 heteroatoms. The number of hydrogen-bond acceptors (Lipinski definition) is 8. The molecule has 0 fully saturated rings. The molecule has 3 amide bonds. The Morgan fingerprint density at radius 2 is 1.48 bits per heavy atom. The minimum Gasteiger partial charge on any atom is -0.480 e. The molecule has 168 valence electrons. The van der Waals surface area contributed by atoms with E-state index in [4.69, 9.17) is 16.6 Å². The SMILES string of the molecule is CSCCC(NC(=O)C(CCCCN)NC(=O)C(C)N)C(=O)NC(CS)C(=O)O. The van der Waals surface area contributed by atoms with Crippen molar-refractivity contribution in [1.82, 2.24) is 16.0 Å². The molecule has 0 bridgehead atoms. The van der Waals surface area contributed by atoms with E-state index < -0.39 is 47.9 Å². The second-order valence-electron chi connectivity index (χ2n) is 6.56. The third kappa shape index (κ3) is 11.3. The Labute approximate surface area is 181 Å². The zero-order chi connectivity index (χ0) is 22.4. The second-order valence-corrected chi connectivity index (χ2v) is 7.91. The van der Waals surface area contributed by atoms with Crippen molar-refractivity contribution in [3.05, 3.63) is 0 Å². The molecule has 0 heterocycles. The van der Waals surface area contributed by atoms with Crippen molar-refractivity contribution in [3.63, 3.8) is 0 Å². The van der Waals surface area contributed by atoms with Gasteiger partial charge in [0.1, 0.15) is 18.1 Å². The number of thiol groups is 1. The van der Waals surface area contributed by atoms with Crippen LogP contribution >= 0.6 is 24.4 Å². The van der Waals surface area contributed by atoms with Gasteiger partial charge in [-0.2, -0.15) is 24.4 Å². The largest absolute Gasteiger partial charge is 0.480 e. The number of unbranched alkanes of at least 4 members (excludes halogenated alkanes) is 1. The Hall–Kier alpha value is -1.50. The second kappa shape index (κ2) is 15.4. The maximum Gasteiger partial charge on any atom is 0.327 e. The van der Waals surface area contributed by atoms with Crippen LogP contribution in [0.5, 0.6) is 0 Å². The molecule has 0 saturated carbocycles. The van der Waals surface area contributed by atoms with Crippen molar-refractivity contribution in [1.29, 1.82) is 0 Å². The van der Waals surface area contributed by atoms with Gasteiger partial charge in [-0.3, -0.25) is 14.4 Å². The Morgan fingerprint density at radius 1 is 0.966 bits per heavy atom. The Morgan fingerprint density at radius 3 is 1.93 bits per heavy atom. The first-order valence-electron chi connectivity index (χ1n) is 9.37. The summed E-state index contributed by atoms with van der Waals surface area (Å²) in [5.74, 6) is -2.36. The predicted octanol–water partition coefficient (Wildman–Crippen LogP) is -1.32. The van der Waals surface area contributed by atoms with E-state index in [1.165, 1.54) is 18.7 Å². The molecule has 0 aromatic carbocycles. The highest BCUT2D eigenvalue weighted by Gasteiger charge is 2.29. The molecule has 0 radical (unpaired) electrons. The maximum absolute atomic E-state index is 12.7. The van der Waals surface area contributed by atoms with Gasteiger partial charge in [0.2, 0.25) is 17.7 Å². The van der Waals surface area contributed by atoms with Crippen molar-refractivity contribution in [2.75, 3.05) is 24.3 Å². The quantitative estimate of drug-likeness (QED) is 0.118. The van der Waals surface area contributed by atoms with Crippen LogP contribution in [-0.2, 0) is 19.2 Å². The minimum absolute atomic E-state index is 0.0869. The van der Waals surface area contributed by atoms with Crippen LogP contribution in [0.1, 0.15) is 32.6 Å². The van der Waals surface area contributed by atoms with E-state index in [1.54, 1.807) is 0 Å².